The summed E-state index contributed by atoms with van der Waals surface area (Å²) >= 11 is 0. The molecule has 1 unspecified atom stereocenters. The summed E-state index contributed by atoms with van der Waals surface area (Å²) in [6.07, 6.45) is -4.05. The highest BCUT2D eigenvalue weighted by molar-refractivity contribution is 5.95. The molecule has 1 aliphatic rings. The van der Waals surface area contributed by atoms with E-state index in [2.05, 4.69) is 15.8 Å². The lowest BCUT2D eigenvalue weighted by atomic mass is 9.78. The highest BCUT2D eigenvalue weighted by atomic mass is 19.4. The Kier molecular flexibility index (Phi) is 10.6. The highest BCUT2D eigenvalue weighted by Gasteiger charge is 2.46. The predicted octanol–water partition coefficient (Wildman–Crippen LogP) is 4.36. The lowest BCUT2D eigenvalue weighted by Gasteiger charge is -2.45. The Morgan fingerprint density at radius 2 is 1.74 bits per heavy atom. The van der Waals surface area contributed by atoms with Gasteiger partial charge in [0.25, 0.3) is 5.91 Å². The maximum absolute atomic E-state index is 13.1. The number of halogens is 3. The maximum Gasteiger partial charge on any atom is 0.490 e. The predicted molar refractivity (Wildman–Crippen MR) is 145 cm³/mol. The van der Waals surface area contributed by atoms with Gasteiger partial charge in [-0.2, -0.15) is 18.7 Å². The number of carboxylic acids is 1. The first-order chi connectivity index (χ1) is 19.8. The molecule has 1 saturated heterocycles. The zero-order valence-corrected chi connectivity index (χ0v) is 23.1. The van der Waals surface area contributed by atoms with E-state index in [4.69, 9.17) is 19.4 Å². The SMILES string of the molecule is Cc1cc(COc2ccc(C(=O)NC3([C@@H](C=O)NO)C[C@@H](C)O[C@@H](C)C3)cc2)c2ccccc2n1.O=C(O)C(F)(F)F. The van der Waals surface area contributed by atoms with Gasteiger partial charge in [0.15, 0.2) is 0 Å². The van der Waals surface area contributed by atoms with Crippen molar-refractivity contribution in [2.45, 2.75) is 70.2 Å². The number of hydroxylamine groups is 1. The molecule has 1 aromatic heterocycles. The van der Waals surface area contributed by atoms with Gasteiger partial charge >= 0.3 is 12.1 Å². The van der Waals surface area contributed by atoms with Gasteiger partial charge in [-0.1, -0.05) is 18.2 Å². The van der Waals surface area contributed by atoms with Crippen LogP contribution in [0.15, 0.2) is 54.6 Å². The molecule has 4 rings (SSSR count). The van der Waals surface area contributed by atoms with Gasteiger partial charge < -0.3 is 29.9 Å². The summed E-state index contributed by atoms with van der Waals surface area (Å²) < 4.78 is 43.5. The summed E-state index contributed by atoms with van der Waals surface area (Å²) in [5, 5.41) is 20.7. The van der Waals surface area contributed by atoms with Crippen molar-refractivity contribution >= 4 is 29.1 Å². The molecular weight excluding hydrogens is 559 g/mol. The normalized spacial score (nSPS) is 21.0. The molecule has 42 heavy (non-hydrogen) atoms. The molecule has 3 aromatic rings. The molecule has 4 N–H and O–H groups in total. The number of hydrogen-bond donors (Lipinski definition) is 4. The zero-order chi connectivity index (χ0) is 31.1. The van der Waals surface area contributed by atoms with E-state index in [1.807, 2.05) is 51.1 Å². The number of fused-ring (bicyclic) bond motifs is 1. The number of carbonyl (C=O) groups excluding carboxylic acids is 2. The molecule has 1 amide bonds. The van der Waals surface area contributed by atoms with Crippen molar-refractivity contribution < 1.29 is 47.3 Å². The van der Waals surface area contributed by atoms with Gasteiger partial charge in [-0.05, 0) is 70.0 Å². The number of hydrogen-bond acceptors (Lipinski definition) is 8. The van der Waals surface area contributed by atoms with Gasteiger partial charge in [0, 0.05) is 22.2 Å². The maximum atomic E-state index is 13.1. The number of alkyl halides is 3. The quantitative estimate of drug-likeness (QED) is 0.222. The lowest BCUT2D eigenvalue weighted by molar-refractivity contribution is -0.192. The molecule has 4 atom stereocenters. The van der Waals surface area contributed by atoms with E-state index in [1.165, 1.54) is 0 Å². The Bertz CT molecular complexity index is 1390. The van der Waals surface area contributed by atoms with Crippen molar-refractivity contribution in [2.75, 3.05) is 0 Å². The lowest BCUT2D eigenvalue weighted by Crippen LogP contribution is -2.66. The van der Waals surface area contributed by atoms with Crippen LogP contribution in [-0.4, -0.2) is 63.4 Å². The topological polar surface area (TPSA) is 147 Å². The number of carboxylic acid groups (broad SMARTS) is 1. The molecular formula is C29H32F3N3O7. The van der Waals surface area contributed by atoms with Gasteiger partial charge in [-0.25, -0.2) is 4.79 Å². The number of aliphatic carboxylic acids is 1. The Morgan fingerprint density at radius 1 is 1.14 bits per heavy atom. The van der Waals surface area contributed by atoms with Crippen molar-refractivity contribution in [3.05, 3.63) is 71.4 Å². The molecule has 0 aliphatic carbocycles. The first-order valence-electron chi connectivity index (χ1n) is 13.0. The van der Waals surface area contributed by atoms with Crippen LogP contribution >= 0.6 is 0 Å². The fourth-order valence-electron chi connectivity index (χ4n) is 5.00. The van der Waals surface area contributed by atoms with Gasteiger partial charge in [0.05, 0.1) is 23.3 Å². The van der Waals surface area contributed by atoms with Crippen molar-refractivity contribution in [3.8, 4) is 5.75 Å². The van der Waals surface area contributed by atoms with E-state index >= 15 is 0 Å². The minimum atomic E-state index is -5.08. The average molecular weight is 592 g/mol. The second-order valence-corrected chi connectivity index (χ2v) is 10.1. The number of aryl methyl sites for hydroxylation is 1. The number of rotatable bonds is 8. The first kappa shape index (κ1) is 32.4. The molecule has 1 fully saturated rings. The standard InChI is InChI=1S/C27H31N3O5.C2HF3O2/c1-17-12-21(23-6-4-5-7-24(23)28-17)16-34-22-10-8-20(9-11-22)26(32)29-27(25(15-31)30-33)13-18(2)35-19(3)14-27;3-2(4,5)1(6)7/h4-12,15,18-19,25,30,33H,13-14,16H2,1-3H3,(H,29,32);(H,6,7)/t18-,19+,25-,27?;/m1./s1. The molecule has 226 valence electrons. The third-order valence-corrected chi connectivity index (χ3v) is 6.68. The molecule has 0 saturated carbocycles. The fraction of sp³-hybridized carbons (Fsp3) is 0.379. The molecule has 2 heterocycles. The van der Waals surface area contributed by atoms with E-state index in [0.29, 0.717) is 37.0 Å². The number of para-hydroxylation sites is 1. The number of aromatic nitrogens is 1. The van der Waals surface area contributed by atoms with Gasteiger partial charge in [0.2, 0.25) is 0 Å². The molecule has 2 aromatic carbocycles. The number of pyridine rings is 1. The summed E-state index contributed by atoms with van der Waals surface area (Å²) in [7, 11) is 0. The molecule has 0 spiro atoms. The number of ether oxygens (including phenoxy) is 2. The van der Waals surface area contributed by atoms with E-state index in [0.717, 1.165) is 22.2 Å². The van der Waals surface area contributed by atoms with Crippen LogP contribution in [0.1, 0.15) is 48.3 Å². The van der Waals surface area contributed by atoms with Crippen molar-refractivity contribution in [1.82, 2.24) is 15.8 Å². The van der Waals surface area contributed by atoms with Gasteiger partial charge in [-0.15, -0.1) is 0 Å². The van der Waals surface area contributed by atoms with E-state index in [-0.39, 0.29) is 18.1 Å². The summed E-state index contributed by atoms with van der Waals surface area (Å²) in [6.45, 7) is 6.10. The molecule has 0 radical (unpaired) electrons. The third kappa shape index (κ3) is 8.24. The second-order valence-electron chi connectivity index (χ2n) is 10.1. The summed E-state index contributed by atoms with van der Waals surface area (Å²) in [5.74, 6) is -2.46. The van der Waals surface area contributed by atoms with Gasteiger partial charge in [0.1, 0.15) is 24.7 Å². The van der Waals surface area contributed by atoms with Crippen molar-refractivity contribution in [2.24, 2.45) is 0 Å². The number of benzene rings is 2. The smallest absolute Gasteiger partial charge is 0.489 e. The Balaban J connectivity index is 0.000000616. The Morgan fingerprint density at radius 3 is 2.29 bits per heavy atom. The molecule has 0 bridgehead atoms. The fourth-order valence-corrected chi connectivity index (χ4v) is 5.00. The molecule has 10 nitrogen and oxygen atoms in total. The van der Waals surface area contributed by atoms with E-state index < -0.39 is 23.7 Å². The summed E-state index contributed by atoms with van der Waals surface area (Å²) in [4.78, 5) is 38.2. The largest absolute Gasteiger partial charge is 0.490 e. The van der Waals surface area contributed by atoms with Gasteiger partial charge in [-0.3, -0.25) is 9.78 Å². The number of aldehydes is 1. The van der Waals surface area contributed by atoms with Crippen LogP contribution in [-0.2, 0) is 20.9 Å². The number of nitrogens with zero attached hydrogens (tertiary/aromatic N) is 1. The summed E-state index contributed by atoms with van der Waals surface area (Å²) in [5.41, 5.74) is 4.40. The van der Waals surface area contributed by atoms with E-state index in [1.54, 1.807) is 24.3 Å². The van der Waals surface area contributed by atoms with Crippen LogP contribution in [0.5, 0.6) is 5.75 Å². The Hall–Kier alpha value is -4.07. The highest BCUT2D eigenvalue weighted by Crippen LogP contribution is 2.32. The van der Waals surface area contributed by atoms with Crippen LogP contribution < -0.4 is 15.5 Å². The molecule has 13 heteroatoms. The first-order valence-corrected chi connectivity index (χ1v) is 13.0. The van der Waals surface area contributed by atoms with Crippen LogP contribution in [0.4, 0.5) is 13.2 Å². The van der Waals surface area contributed by atoms with E-state index in [9.17, 15) is 28.0 Å². The van der Waals surface area contributed by atoms with Crippen molar-refractivity contribution in [3.63, 3.8) is 0 Å². The van der Waals surface area contributed by atoms with Crippen LogP contribution in [0.25, 0.3) is 10.9 Å². The third-order valence-electron chi connectivity index (χ3n) is 6.68. The average Bonchev–Trinajstić information content (AvgIpc) is 2.91. The number of amides is 1. The second kappa shape index (κ2) is 13.7. The monoisotopic (exact) mass is 591 g/mol. The van der Waals surface area contributed by atoms with Crippen molar-refractivity contribution in [1.29, 1.82) is 0 Å². The van der Waals surface area contributed by atoms with Crippen LogP contribution in [0, 0.1) is 6.92 Å². The minimum absolute atomic E-state index is 0.182. The van der Waals surface area contributed by atoms with Crippen LogP contribution in [0.2, 0.25) is 0 Å². The zero-order valence-electron chi connectivity index (χ0n) is 23.1. The minimum Gasteiger partial charge on any atom is -0.489 e. The number of nitrogens with one attached hydrogen (secondary N) is 2. The summed E-state index contributed by atoms with van der Waals surface area (Å²) in [6, 6.07) is 15.9. The van der Waals surface area contributed by atoms with Crippen LogP contribution in [0.3, 0.4) is 0 Å². The molecule has 1 aliphatic heterocycles. The Labute approximate surface area is 239 Å². The number of carbonyl (C=O) groups is 3.